The second-order valence-electron chi connectivity index (χ2n) is 4.81. The number of benzene rings is 2. The average Bonchev–Trinajstić information content (AvgIpc) is 2.66. The highest BCUT2D eigenvalue weighted by Crippen LogP contribution is 2.34. The highest BCUT2D eigenvalue weighted by molar-refractivity contribution is 7.99. The molecule has 0 fully saturated rings. The van der Waals surface area contributed by atoms with E-state index in [1.54, 1.807) is 24.3 Å². The second kappa shape index (κ2) is 8.43. The largest absolute Gasteiger partial charge is 0.496 e. The molecule has 2 aromatic rings. The van der Waals surface area contributed by atoms with Crippen LogP contribution >= 0.6 is 11.8 Å². The van der Waals surface area contributed by atoms with E-state index in [1.807, 2.05) is 12.1 Å². The fourth-order valence-electron chi connectivity index (χ4n) is 2.18. The van der Waals surface area contributed by atoms with Gasteiger partial charge in [-0.3, -0.25) is 0 Å². The molecule has 0 aliphatic rings. The molecular weight excluding hydrogens is 344 g/mol. The highest BCUT2D eigenvalue weighted by Gasteiger charge is 2.16. The molecule has 25 heavy (non-hydrogen) atoms. The van der Waals surface area contributed by atoms with Crippen LogP contribution in [0.25, 0.3) is 0 Å². The standard InChI is InChI=1S/C18H18O6S/c1-21-15-7-5-11(9-13(15)17(19)23-3)25-12-6-8-16(22-2)14(10-12)18(20)24-4/h5-10H,1-4H3. The Morgan fingerprint density at radius 3 is 1.44 bits per heavy atom. The molecule has 0 heterocycles. The van der Waals surface area contributed by atoms with Crippen LogP contribution in [0.15, 0.2) is 46.2 Å². The van der Waals surface area contributed by atoms with E-state index in [-0.39, 0.29) is 0 Å². The van der Waals surface area contributed by atoms with Gasteiger partial charge >= 0.3 is 11.9 Å². The Balaban J connectivity index is 2.36. The molecule has 2 aromatic carbocycles. The normalized spacial score (nSPS) is 10.1. The molecule has 0 aliphatic heterocycles. The number of hydrogen-bond acceptors (Lipinski definition) is 7. The van der Waals surface area contributed by atoms with Gasteiger partial charge in [0.25, 0.3) is 0 Å². The number of hydrogen-bond donors (Lipinski definition) is 0. The van der Waals surface area contributed by atoms with E-state index in [4.69, 9.17) is 18.9 Å². The van der Waals surface area contributed by atoms with Gasteiger partial charge in [0.05, 0.1) is 28.4 Å². The van der Waals surface area contributed by atoms with Crippen LogP contribution in [0, 0.1) is 0 Å². The quantitative estimate of drug-likeness (QED) is 0.729. The number of carbonyl (C=O) groups is 2. The van der Waals surface area contributed by atoms with Crippen molar-refractivity contribution in [2.45, 2.75) is 9.79 Å². The van der Waals surface area contributed by atoms with Gasteiger partial charge in [0.1, 0.15) is 22.6 Å². The van der Waals surface area contributed by atoms with Crippen LogP contribution in [0.4, 0.5) is 0 Å². The van der Waals surface area contributed by atoms with Crippen LogP contribution in [-0.2, 0) is 9.47 Å². The maximum Gasteiger partial charge on any atom is 0.341 e. The molecule has 0 N–H and O–H groups in total. The maximum atomic E-state index is 11.9. The molecular formula is C18H18O6S. The van der Waals surface area contributed by atoms with Gasteiger partial charge in [-0.05, 0) is 36.4 Å². The number of ether oxygens (including phenoxy) is 4. The Kier molecular flexibility index (Phi) is 6.30. The van der Waals surface area contributed by atoms with Crippen molar-refractivity contribution in [3.05, 3.63) is 47.5 Å². The second-order valence-corrected chi connectivity index (χ2v) is 5.96. The van der Waals surface area contributed by atoms with Gasteiger partial charge in [0, 0.05) is 9.79 Å². The first kappa shape index (κ1) is 18.7. The SMILES string of the molecule is COC(=O)c1cc(Sc2ccc(OC)c(C(=O)OC)c2)ccc1OC. The minimum absolute atomic E-state index is 0.330. The first-order chi connectivity index (χ1) is 12.0. The Hall–Kier alpha value is -2.67. The summed E-state index contributed by atoms with van der Waals surface area (Å²) in [6.45, 7) is 0. The van der Waals surface area contributed by atoms with E-state index in [0.29, 0.717) is 22.6 Å². The van der Waals surface area contributed by atoms with Crippen LogP contribution < -0.4 is 9.47 Å². The Labute approximate surface area is 150 Å². The van der Waals surface area contributed by atoms with Crippen molar-refractivity contribution in [3.8, 4) is 11.5 Å². The lowest BCUT2D eigenvalue weighted by molar-refractivity contribution is 0.0587. The zero-order chi connectivity index (χ0) is 18.4. The molecule has 2 rings (SSSR count). The maximum absolute atomic E-state index is 11.9. The molecule has 0 spiro atoms. The topological polar surface area (TPSA) is 71.1 Å². The van der Waals surface area contributed by atoms with Crippen molar-refractivity contribution >= 4 is 23.7 Å². The molecule has 0 aromatic heterocycles. The molecule has 0 saturated carbocycles. The van der Waals surface area contributed by atoms with Crippen molar-refractivity contribution < 1.29 is 28.5 Å². The number of carbonyl (C=O) groups excluding carboxylic acids is 2. The van der Waals surface area contributed by atoms with E-state index in [2.05, 4.69) is 0 Å². The summed E-state index contributed by atoms with van der Waals surface area (Å²) in [5.41, 5.74) is 0.661. The van der Waals surface area contributed by atoms with Crippen molar-refractivity contribution in [1.82, 2.24) is 0 Å². The summed E-state index contributed by atoms with van der Waals surface area (Å²) in [5.74, 6) is -0.101. The molecule has 0 unspecified atom stereocenters. The van der Waals surface area contributed by atoms with Gasteiger partial charge < -0.3 is 18.9 Å². The first-order valence-corrected chi connectivity index (χ1v) is 8.06. The monoisotopic (exact) mass is 362 g/mol. The minimum atomic E-state index is -0.482. The summed E-state index contributed by atoms with van der Waals surface area (Å²) >= 11 is 1.38. The predicted octanol–water partition coefficient (Wildman–Crippen LogP) is 3.43. The van der Waals surface area contributed by atoms with Gasteiger partial charge in [-0.25, -0.2) is 9.59 Å². The molecule has 0 atom stereocenters. The van der Waals surface area contributed by atoms with E-state index in [9.17, 15) is 9.59 Å². The third kappa shape index (κ3) is 4.24. The van der Waals surface area contributed by atoms with Crippen LogP contribution in [0.1, 0.15) is 20.7 Å². The smallest absolute Gasteiger partial charge is 0.341 e. The number of methoxy groups -OCH3 is 4. The molecule has 0 aliphatic carbocycles. The number of esters is 2. The molecule has 0 amide bonds. The zero-order valence-electron chi connectivity index (χ0n) is 14.3. The van der Waals surface area contributed by atoms with Gasteiger partial charge in [0.15, 0.2) is 0 Å². The molecule has 0 radical (unpaired) electrons. The lowest BCUT2D eigenvalue weighted by Crippen LogP contribution is -2.04. The molecule has 0 bridgehead atoms. The lowest BCUT2D eigenvalue weighted by Gasteiger charge is -2.11. The fourth-order valence-corrected chi connectivity index (χ4v) is 3.07. The minimum Gasteiger partial charge on any atom is -0.496 e. The Morgan fingerprint density at radius 1 is 0.720 bits per heavy atom. The van der Waals surface area contributed by atoms with Crippen LogP contribution in [0.5, 0.6) is 11.5 Å². The third-order valence-corrected chi connectivity index (χ3v) is 4.37. The van der Waals surface area contributed by atoms with Gasteiger partial charge in [-0.15, -0.1) is 0 Å². The highest BCUT2D eigenvalue weighted by atomic mass is 32.2. The summed E-state index contributed by atoms with van der Waals surface area (Å²) in [6.07, 6.45) is 0. The van der Waals surface area contributed by atoms with Crippen LogP contribution in [0.3, 0.4) is 0 Å². The average molecular weight is 362 g/mol. The van der Waals surface area contributed by atoms with Gasteiger partial charge in [-0.1, -0.05) is 11.8 Å². The van der Waals surface area contributed by atoms with Crippen LogP contribution in [-0.4, -0.2) is 40.4 Å². The van der Waals surface area contributed by atoms with E-state index >= 15 is 0 Å². The summed E-state index contributed by atoms with van der Waals surface area (Å²) in [7, 11) is 5.60. The zero-order valence-corrected chi connectivity index (χ0v) is 15.1. The number of rotatable bonds is 6. The summed E-state index contributed by atoms with van der Waals surface area (Å²) in [4.78, 5) is 25.3. The molecule has 6 nitrogen and oxygen atoms in total. The summed E-state index contributed by atoms with van der Waals surface area (Å²) < 4.78 is 19.9. The van der Waals surface area contributed by atoms with Gasteiger partial charge in [0.2, 0.25) is 0 Å². The molecule has 0 saturated heterocycles. The first-order valence-electron chi connectivity index (χ1n) is 7.24. The van der Waals surface area contributed by atoms with Crippen molar-refractivity contribution in [2.24, 2.45) is 0 Å². The Bertz CT molecular complexity index is 722. The summed E-state index contributed by atoms with van der Waals surface area (Å²) in [6, 6.07) is 10.4. The van der Waals surface area contributed by atoms with E-state index in [1.165, 1.54) is 40.2 Å². The van der Waals surface area contributed by atoms with Crippen molar-refractivity contribution in [1.29, 1.82) is 0 Å². The summed E-state index contributed by atoms with van der Waals surface area (Å²) in [5, 5.41) is 0. The molecule has 7 heteroatoms. The predicted molar refractivity (Wildman–Crippen MR) is 92.8 cm³/mol. The van der Waals surface area contributed by atoms with E-state index in [0.717, 1.165) is 9.79 Å². The van der Waals surface area contributed by atoms with Crippen molar-refractivity contribution in [2.75, 3.05) is 28.4 Å². The van der Waals surface area contributed by atoms with Crippen LogP contribution in [0.2, 0.25) is 0 Å². The van der Waals surface area contributed by atoms with Gasteiger partial charge in [-0.2, -0.15) is 0 Å². The lowest BCUT2D eigenvalue weighted by atomic mass is 10.2. The third-order valence-electron chi connectivity index (χ3n) is 3.39. The van der Waals surface area contributed by atoms with Crippen molar-refractivity contribution in [3.63, 3.8) is 0 Å². The fraction of sp³-hybridized carbons (Fsp3) is 0.222. The Morgan fingerprint density at radius 2 is 1.12 bits per heavy atom. The molecule has 132 valence electrons. The van der Waals surface area contributed by atoms with E-state index < -0.39 is 11.9 Å².